The maximum Gasteiger partial charge on any atom is 0.222 e. The summed E-state index contributed by atoms with van der Waals surface area (Å²) in [7, 11) is 0. The van der Waals surface area contributed by atoms with Crippen LogP contribution < -0.4 is 10.6 Å². The Morgan fingerprint density at radius 2 is 2.07 bits per heavy atom. The molecular weight excluding hydrogens is 311 g/mol. The summed E-state index contributed by atoms with van der Waals surface area (Å²) in [5, 5.41) is 5.75. The number of amides is 1. The number of para-hydroxylation sites is 1. The summed E-state index contributed by atoms with van der Waals surface area (Å²) in [5.74, 6) is -0.173. The van der Waals surface area contributed by atoms with Gasteiger partial charge in [-0.15, -0.1) is 0 Å². The molecule has 0 unspecified atom stereocenters. The van der Waals surface area contributed by atoms with Crippen molar-refractivity contribution in [3.8, 4) is 0 Å². The van der Waals surface area contributed by atoms with E-state index in [4.69, 9.17) is 12.2 Å². The van der Waals surface area contributed by atoms with Gasteiger partial charge in [-0.05, 0) is 46.9 Å². The molecule has 1 amide bonds. The Hall–Kier alpha value is -0.690. The summed E-state index contributed by atoms with van der Waals surface area (Å²) >= 11 is 7.12. The minimum absolute atomic E-state index is 0.173. The van der Waals surface area contributed by atoms with Crippen molar-refractivity contribution in [1.29, 1.82) is 0 Å². The Kier molecular flexibility index (Phi) is 4.27. The van der Waals surface area contributed by atoms with Gasteiger partial charge in [-0.25, -0.2) is 0 Å². The van der Waals surface area contributed by atoms with Gasteiger partial charge in [0.1, 0.15) is 0 Å². The Morgan fingerprint density at radius 1 is 1.43 bits per heavy atom. The molecule has 0 aliphatic heterocycles. The first kappa shape index (κ1) is 11.4. The molecule has 1 aromatic rings. The summed E-state index contributed by atoms with van der Waals surface area (Å²) in [6, 6.07) is 7.70. The molecule has 5 heteroatoms. The quantitative estimate of drug-likeness (QED) is 0.615. The second-order valence-corrected chi connectivity index (χ2v) is 4.19. The number of benzene rings is 1. The van der Waals surface area contributed by atoms with Gasteiger partial charge in [0.15, 0.2) is 5.11 Å². The molecule has 0 saturated heterocycles. The SMILES string of the molecule is CC(=O)NC(=S)Nc1ccccc1I. The molecular formula is C9H9IN2OS. The van der Waals surface area contributed by atoms with Crippen LogP contribution in [-0.4, -0.2) is 11.0 Å². The number of hydrogen-bond donors (Lipinski definition) is 2. The summed E-state index contributed by atoms with van der Waals surface area (Å²) in [5.41, 5.74) is 0.895. The molecule has 14 heavy (non-hydrogen) atoms. The molecule has 0 aliphatic carbocycles. The third-order valence-electron chi connectivity index (χ3n) is 1.41. The molecule has 3 nitrogen and oxygen atoms in total. The molecule has 1 aromatic carbocycles. The zero-order chi connectivity index (χ0) is 10.6. The molecule has 0 aliphatic rings. The van der Waals surface area contributed by atoms with Gasteiger partial charge < -0.3 is 10.6 Å². The van der Waals surface area contributed by atoms with Gasteiger partial charge in [0, 0.05) is 10.5 Å². The monoisotopic (exact) mass is 320 g/mol. The van der Waals surface area contributed by atoms with E-state index in [0.29, 0.717) is 5.11 Å². The first-order valence-electron chi connectivity index (χ1n) is 3.92. The van der Waals surface area contributed by atoms with Crippen LogP contribution in [0.5, 0.6) is 0 Å². The van der Waals surface area contributed by atoms with Crippen molar-refractivity contribution < 1.29 is 4.79 Å². The van der Waals surface area contributed by atoms with Gasteiger partial charge in [0.25, 0.3) is 0 Å². The van der Waals surface area contributed by atoms with Crippen LogP contribution in [0.4, 0.5) is 5.69 Å². The molecule has 0 atom stereocenters. The van der Waals surface area contributed by atoms with E-state index in [2.05, 4.69) is 33.2 Å². The number of nitrogens with one attached hydrogen (secondary N) is 2. The number of carbonyl (C=O) groups is 1. The normalized spacial score (nSPS) is 9.29. The van der Waals surface area contributed by atoms with Gasteiger partial charge in [0.05, 0.1) is 5.69 Å². The van der Waals surface area contributed by atoms with E-state index in [1.54, 1.807) is 0 Å². The topological polar surface area (TPSA) is 41.1 Å². The van der Waals surface area contributed by atoms with Crippen molar-refractivity contribution >= 4 is 51.5 Å². The van der Waals surface area contributed by atoms with Crippen molar-refractivity contribution in [2.24, 2.45) is 0 Å². The first-order chi connectivity index (χ1) is 6.59. The molecule has 0 bridgehead atoms. The van der Waals surface area contributed by atoms with Crippen LogP contribution in [0, 0.1) is 3.57 Å². The van der Waals surface area contributed by atoms with Crippen molar-refractivity contribution in [2.45, 2.75) is 6.92 Å². The highest BCUT2D eigenvalue weighted by atomic mass is 127. The fraction of sp³-hybridized carbons (Fsp3) is 0.111. The number of anilines is 1. The van der Waals surface area contributed by atoms with Crippen molar-refractivity contribution in [1.82, 2.24) is 5.32 Å². The smallest absolute Gasteiger partial charge is 0.222 e. The van der Waals surface area contributed by atoms with Crippen LogP contribution in [0.25, 0.3) is 0 Å². The van der Waals surface area contributed by atoms with Gasteiger partial charge >= 0.3 is 0 Å². The highest BCUT2D eigenvalue weighted by Crippen LogP contribution is 2.16. The Bertz CT molecular complexity index is 368. The summed E-state index contributed by atoms with van der Waals surface area (Å²) < 4.78 is 1.05. The Balaban J connectivity index is 2.65. The molecule has 74 valence electrons. The predicted molar refractivity (Wildman–Crippen MR) is 69.2 cm³/mol. The fourth-order valence-electron chi connectivity index (χ4n) is 0.876. The molecule has 0 aromatic heterocycles. The summed E-state index contributed by atoms with van der Waals surface area (Å²) in [6.07, 6.45) is 0. The molecule has 2 N–H and O–H groups in total. The third-order valence-corrected chi connectivity index (χ3v) is 2.56. The Morgan fingerprint density at radius 3 is 2.64 bits per heavy atom. The van der Waals surface area contributed by atoms with Crippen LogP contribution in [-0.2, 0) is 4.79 Å². The minimum Gasteiger partial charge on any atom is -0.332 e. The van der Waals surface area contributed by atoms with Gasteiger partial charge in [-0.1, -0.05) is 12.1 Å². The van der Waals surface area contributed by atoms with Gasteiger partial charge in [0.2, 0.25) is 5.91 Å². The van der Waals surface area contributed by atoms with Crippen molar-refractivity contribution in [3.63, 3.8) is 0 Å². The number of halogens is 1. The van der Waals surface area contributed by atoms with E-state index in [-0.39, 0.29) is 5.91 Å². The van der Waals surface area contributed by atoms with Crippen LogP contribution >= 0.6 is 34.8 Å². The van der Waals surface area contributed by atoms with Crippen LogP contribution in [0.2, 0.25) is 0 Å². The molecule has 0 spiro atoms. The van der Waals surface area contributed by atoms with Crippen molar-refractivity contribution in [2.75, 3.05) is 5.32 Å². The van der Waals surface area contributed by atoms with E-state index in [1.165, 1.54) is 6.92 Å². The van der Waals surface area contributed by atoms with Gasteiger partial charge in [-0.2, -0.15) is 0 Å². The summed E-state index contributed by atoms with van der Waals surface area (Å²) in [6.45, 7) is 1.42. The lowest BCUT2D eigenvalue weighted by atomic mass is 10.3. The maximum absolute atomic E-state index is 10.7. The lowest BCUT2D eigenvalue weighted by Gasteiger charge is -2.09. The number of hydrogen-bond acceptors (Lipinski definition) is 2. The molecule has 1 rings (SSSR count). The van der Waals surface area contributed by atoms with E-state index < -0.39 is 0 Å². The zero-order valence-corrected chi connectivity index (χ0v) is 10.5. The lowest BCUT2D eigenvalue weighted by molar-refractivity contribution is -0.117. The fourth-order valence-corrected chi connectivity index (χ4v) is 1.65. The molecule has 0 fully saturated rings. The standard InChI is InChI=1S/C9H9IN2OS/c1-6(13)11-9(14)12-8-5-3-2-4-7(8)10/h2-5H,1H3,(H2,11,12,13,14). The highest BCUT2D eigenvalue weighted by molar-refractivity contribution is 14.1. The van der Waals surface area contributed by atoms with E-state index in [1.807, 2.05) is 24.3 Å². The average Bonchev–Trinajstić information content (AvgIpc) is 2.07. The third kappa shape index (κ3) is 3.59. The van der Waals surface area contributed by atoms with Crippen molar-refractivity contribution in [3.05, 3.63) is 27.8 Å². The average molecular weight is 320 g/mol. The van der Waals surface area contributed by atoms with E-state index >= 15 is 0 Å². The lowest BCUT2D eigenvalue weighted by Crippen LogP contribution is -2.32. The van der Waals surface area contributed by atoms with E-state index in [9.17, 15) is 4.79 Å². The number of carbonyl (C=O) groups excluding carboxylic acids is 1. The van der Waals surface area contributed by atoms with Gasteiger partial charge in [-0.3, -0.25) is 4.79 Å². The predicted octanol–water partition coefficient (Wildman–Crippen LogP) is 2.12. The Labute approximate surface area is 101 Å². The summed E-state index contributed by atoms with van der Waals surface area (Å²) in [4.78, 5) is 10.7. The second-order valence-electron chi connectivity index (χ2n) is 2.62. The van der Waals surface area contributed by atoms with E-state index in [0.717, 1.165) is 9.26 Å². The maximum atomic E-state index is 10.7. The minimum atomic E-state index is -0.173. The number of rotatable bonds is 1. The second kappa shape index (κ2) is 5.26. The first-order valence-corrected chi connectivity index (χ1v) is 5.41. The molecule has 0 saturated carbocycles. The molecule has 0 radical (unpaired) electrons. The molecule has 0 heterocycles. The highest BCUT2D eigenvalue weighted by Gasteiger charge is 2.01. The largest absolute Gasteiger partial charge is 0.332 e. The van der Waals surface area contributed by atoms with Crippen LogP contribution in [0.1, 0.15) is 6.92 Å². The zero-order valence-electron chi connectivity index (χ0n) is 7.50. The van der Waals surface area contributed by atoms with Crippen LogP contribution in [0.15, 0.2) is 24.3 Å². The number of thiocarbonyl (C=S) groups is 1. The van der Waals surface area contributed by atoms with Crippen LogP contribution in [0.3, 0.4) is 0 Å².